The molecule has 3 heterocycles. The molecular weight excluding hydrogens is 360 g/mol. The van der Waals surface area contributed by atoms with Crippen LogP contribution < -0.4 is 10.9 Å². The number of allylic oxidation sites excluding steroid dienone is 2. The normalized spacial score (nSPS) is 17.6. The number of aliphatic carboxylic acids is 1. The molecule has 2 aromatic heterocycles. The number of aryl methyl sites for hydroxylation is 1. The van der Waals surface area contributed by atoms with Crippen LogP contribution in [-0.2, 0) is 11.2 Å². The number of aliphatic hydroxyl groups excluding tert-OH is 1. The van der Waals surface area contributed by atoms with E-state index in [9.17, 15) is 14.7 Å². The third-order valence-corrected chi connectivity index (χ3v) is 4.91. The number of aromatic amines is 1. The molecule has 0 saturated carbocycles. The Balaban J connectivity index is 1.94. The minimum absolute atomic E-state index is 0.112. The van der Waals surface area contributed by atoms with Crippen LogP contribution in [0.1, 0.15) is 42.3 Å². The van der Waals surface area contributed by atoms with Crippen LogP contribution >= 0.6 is 0 Å². The van der Waals surface area contributed by atoms with Crippen molar-refractivity contribution in [1.82, 2.24) is 19.9 Å². The average Bonchev–Trinajstić information content (AvgIpc) is 3.07. The maximum Gasteiger partial charge on any atom is 0.339 e. The monoisotopic (exact) mass is 384 g/mol. The van der Waals surface area contributed by atoms with Crippen molar-refractivity contribution in [2.45, 2.75) is 38.6 Å². The van der Waals surface area contributed by atoms with E-state index in [1.165, 1.54) is 10.6 Å². The number of hydrogen-bond acceptors (Lipinski definition) is 5. The van der Waals surface area contributed by atoms with Gasteiger partial charge < -0.3 is 15.5 Å². The molecule has 28 heavy (non-hydrogen) atoms. The smallest absolute Gasteiger partial charge is 0.339 e. The third-order valence-electron chi connectivity index (χ3n) is 4.91. The Hall–Kier alpha value is -3.13. The number of hydrogen-bond donors (Lipinski definition) is 4. The van der Waals surface area contributed by atoms with E-state index in [1.807, 2.05) is 6.07 Å². The zero-order valence-corrected chi connectivity index (χ0v) is 15.8. The zero-order valence-electron chi connectivity index (χ0n) is 15.8. The highest BCUT2D eigenvalue weighted by Gasteiger charge is 2.19. The van der Waals surface area contributed by atoms with Gasteiger partial charge in [-0.05, 0) is 38.0 Å². The molecule has 0 amide bonds. The highest BCUT2D eigenvalue weighted by atomic mass is 16.4. The zero-order chi connectivity index (χ0) is 20.4. The first-order valence-electron chi connectivity index (χ1n) is 9.13. The van der Waals surface area contributed by atoms with Gasteiger partial charge in [-0.3, -0.25) is 9.89 Å². The second kappa shape index (κ2) is 7.85. The van der Waals surface area contributed by atoms with E-state index in [4.69, 9.17) is 5.11 Å². The molecular formula is C20H24N4O4. The second-order valence-electron chi connectivity index (χ2n) is 7.03. The number of aliphatic hydroxyl groups is 1. The summed E-state index contributed by atoms with van der Waals surface area (Å²) >= 11 is 0. The largest absolute Gasteiger partial charge is 0.508 e. The van der Waals surface area contributed by atoms with Crippen LogP contribution in [-0.4, -0.2) is 37.3 Å². The van der Waals surface area contributed by atoms with Gasteiger partial charge in [-0.1, -0.05) is 19.6 Å². The first kappa shape index (κ1) is 19.6. The molecule has 1 fully saturated rings. The maximum absolute atomic E-state index is 13.0. The molecule has 0 aromatic carbocycles. The predicted molar refractivity (Wildman–Crippen MR) is 105 cm³/mol. The van der Waals surface area contributed by atoms with E-state index >= 15 is 0 Å². The maximum atomic E-state index is 13.0. The molecule has 0 spiro atoms. The van der Waals surface area contributed by atoms with E-state index in [0.29, 0.717) is 22.5 Å². The summed E-state index contributed by atoms with van der Waals surface area (Å²) in [6.45, 7) is 9.73. The van der Waals surface area contributed by atoms with Gasteiger partial charge in [0, 0.05) is 29.8 Å². The summed E-state index contributed by atoms with van der Waals surface area (Å²) in [5.41, 5.74) is 2.18. The topological polar surface area (TPSA) is 120 Å². The predicted octanol–water partition coefficient (Wildman–Crippen LogP) is 2.33. The molecule has 1 saturated heterocycles. The van der Waals surface area contributed by atoms with E-state index in [0.717, 1.165) is 31.5 Å². The first-order chi connectivity index (χ1) is 13.3. The van der Waals surface area contributed by atoms with E-state index in [-0.39, 0.29) is 23.6 Å². The molecule has 0 unspecified atom stereocenters. The Kier molecular flexibility index (Phi) is 5.51. The molecule has 1 aliphatic heterocycles. The number of aromatic nitrogens is 3. The van der Waals surface area contributed by atoms with Crippen LogP contribution in [0.2, 0.25) is 0 Å². The Morgan fingerprint density at radius 2 is 2.14 bits per heavy atom. The van der Waals surface area contributed by atoms with Gasteiger partial charge in [0.05, 0.1) is 5.69 Å². The molecule has 0 aliphatic carbocycles. The molecule has 1 aliphatic rings. The number of carbonyl (C=O) groups is 1. The van der Waals surface area contributed by atoms with Crippen LogP contribution in [0.4, 0.5) is 0 Å². The van der Waals surface area contributed by atoms with Crippen molar-refractivity contribution < 1.29 is 15.0 Å². The highest BCUT2D eigenvalue weighted by Crippen LogP contribution is 2.22. The molecule has 0 radical (unpaired) electrons. The summed E-state index contributed by atoms with van der Waals surface area (Å²) in [5, 5.41) is 25.1. The van der Waals surface area contributed by atoms with Gasteiger partial charge in [0.2, 0.25) is 0 Å². The molecule has 2 aromatic rings. The summed E-state index contributed by atoms with van der Waals surface area (Å²) < 4.78 is 1.41. The van der Waals surface area contributed by atoms with Crippen molar-refractivity contribution in [3.05, 3.63) is 69.5 Å². The summed E-state index contributed by atoms with van der Waals surface area (Å²) in [4.78, 5) is 28.6. The van der Waals surface area contributed by atoms with Crippen molar-refractivity contribution >= 4 is 11.6 Å². The lowest BCUT2D eigenvalue weighted by atomic mass is 10.0. The Bertz CT molecular complexity index is 1020. The average molecular weight is 384 g/mol. The van der Waals surface area contributed by atoms with Crippen molar-refractivity contribution in [3.63, 3.8) is 0 Å². The summed E-state index contributed by atoms with van der Waals surface area (Å²) in [5.74, 6) is -1.88. The van der Waals surface area contributed by atoms with Gasteiger partial charge in [-0.2, -0.15) is 0 Å². The van der Waals surface area contributed by atoms with Gasteiger partial charge >= 0.3 is 5.97 Å². The van der Waals surface area contributed by atoms with Crippen molar-refractivity contribution in [2.24, 2.45) is 0 Å². The molecule has 4 N–H and O–H groups in total. The van der Waals surface area contributed by atoms with Crippen LogP contribution in [0.15, 0.2) is 47.0 Å². The minimum atomic E-state index is -1.32. The molecule has 0 bridgehead atoms. The fourth-order valence-electron chi connectivity index (χ4n) is 3.44. The Morgan fingerprint density at radius 1 is 1.39 bits per heavy atom. The molecule has 8 nitrogen and oxygen atoms in total. The van der Waals surface area contributed by atoms with Crippen LogP contribution in [0.25, 0.3) is 5.65 Å². The van der Waals surface area contributed by atoms with E-state index < -0.39 is 11.7 Å². The lowest BCUT2D eigenvalue weighted by Gasteiger charge is -2.21. The fourth-order valence-corrected chi connectivity index (χ4v) is 3.44. The number of fused-ring (bicyclic) bond motifs is 1. The molecule has 8 heteroatoms. The summed E-state index contributed by atoms with van der Waals surface area (Å²) in [6.07, 6.45) is 4.60. The molecule has 3 rings (SSSR count). The van der Waals surface area contributed by atoms with Gasteiger partial charge in [-0.25, -0.2) is 14.3 Å². The quantitative estimate of drug-likeness (QED) is 0.345. The molecule has 148 valence electrons. The number of piperidine rings is 1. The number of carboxylic acid groups (broad SMARTS) is 1. The number of nitrogens with zero attached hydrogens (tertiary/aromatic N) is 2. The third kappa shape index (κ3) is 3.91. The first-order valence-corrected chi connectivity index (χ1v) is 9.13. The van der Waals surface area contributed by atoms with E-state index in [1.54, 1.807) is 6.92 Å². The Labute approximate surface area is 161 Å². The standard InChI is InChI=1S/C20H24N4O4/c1-11(9-15(13(3)25)20(27)28)8-14-12(2)22-18-10-17(23-24(18)19(14)26)16-6-4-5-7-21-16/h9-10,16,21,23,25H,1,3-8H2,2H3,(H,27,28)/b15-9+/t16-/m0/s1. The number of rotatable bonds is 6. The van der Waals surface area contributed by atoms with Crippen LogP contribution in [0, 0.1) is 6.92 Å². The van der Waals surface area contributed by atoms with Gasteiger partial charge in [-0.15, -0.1) is 0 Å². The Morgan fingerprint density at radius 3 is 2.75 bits per heavy atom. The van der Waals surface area contributed by atoms with E-state index in [2.05, 4.69) is 28.6 Å². The van der Waals surface area contributed by atoms with Gasteiger partial charge in [0.15, 0.2) is 5.65 Å². The van der Waals surface area contributed by atoms with Gasteiger partial charge in [0.25, 0.3) is 5.56 Å². The minimum Gasteiger partial charge on any atom is -0.508 e. The van der Waals surface area contributed by atoms with Gasteiger partial charge in [0.1, 0.15) is 11.3 Å². The number of nitrogens with one attached hydrogen (secondary N) is 2. The van der Waals surface area contributed by atoms with Crippen LogP contribution in [0.5, 0.6) is 0 Å². The fraction of sp³-hybridized carbons (Fsp3) is 0.350. The lowest BCUT2D eigenvalue weighted by molar-refractivity contribution is -0.132. The summed E-state index contributed by atoms with van der Waals surface area (Å²) in [7, 11) is 0. The van der Waals surface area contributed by atoms with Crippen molar-refractivity contribution in [1.29, 1.82) is 0 Å². The number of carboxylic acids is 1. The van der Waals surface area contributed by atoms with Crippen molar-refractivity contribution in [2.75, 3.05) is 6.54 Å². The summed E-state index contributed by atoms with van der Waals surface area (Å²) in [6, 6.07) is 2.05. The highest BCUT2D eigenvalue weighted by molar-refractivity contribution is 5.91. The number of H-pyrrole nitrogens is 1. The SMILES string of the molecule is C=C(/C=C(\C(=C)O)C(=O)O)Cc1c(C)nc2cc([C@@H]3CCCCN3)[nH]n2c1=O. The lowest BCUT2D eigenvalue weighted by Crippen LogP contribution is -2.27. The van der Waals surface area contributed by atoms with Crippen molar-refractivity contribution in [3.8, 4) is 0 Å². The van der Waals surface area contributed by atoms with Crippen LogP contribution in [0.3, 0.4) is 0 Å². The second-order valence-corrected chi connectivity index (χ2v) is 7.03. The molecule has 1 atom stereocenters.